The Hall–Kier alpha value is -2.58. The molecule has 0 saturated carbocycles. The average Bonchev–Trinajstić information content (AvgIpc) is 2.54. The molecule has 0 aliphatic heterocycles. The molecule has 1 heterocycles. The number of nitrogens with zero attached hydrogens (tertiary/aromatic N) is 2. The van der Waals surface area contributed by atoms with Crippen molar-refractivity contribution in [1.29, 1.82) is 5.26 Å². The molecule has 1 N–H and O–H groups in total. The molecule has 0 aliphatic rings. The van der Waals surface area contributed by atoms with E-state index >= 15 is 0 Å². The van der Waals surface area contributed by atoms with Crippen LogP contribution in [-0.2, 0) is 0 Å². The van der Waals surface area contributed by atoms with Gasteiger partial charge in [0.2, 0.25) is 0 Å². The van der Waals surface area contributed by atoms with Gasteiger partial charge in [-0.15, -0.1) is 0 Å². The summed E-state index contributed by atoms with van der Waals surface area (Å²) in [7, 11) is 0. The number of thioether (sulfide) groups is 1. The zero-order chi connectivity index (χ0) is 17.1. The summed E-state index contributed by atoms with van der Waals surface area (Å²) in [5, 5.41) is 12.7. The number of H-pyrrole nitrogens is 1. The number of hydrogen-bond donors (Lipinski definition) is 1. The van der Waals surface area contributed by atoms with E-state index in [4.69, 9.17) is 0 Å². The standard InChI is InChI=1S/C19H17N3OS/c1-12(2)24-19-21-17(10-18(23)22-19)16(11-20)15-9-5-7-13-6-3-4-8-14(13)15/h3-10,12,16H,1-2H3,(H,21,22,23). The van der Waals surface area contributed by atoms with Gasteiger partial charge in [-0.1, -0.05) is 68.1 Å². The lowest BCUT2D eigenvalue weighted by Crippen LogP contribution is -2.13. The lowest BCUT2D eigenvalue weighted by molar-refractivity contribution is 0.846. The molecule has 0 amide bonds. The molecule has 0 spiro atoms. The van der Waals surface area contributed by atoms with Gasteiger partial charge in [0.05, 0.1) is 11.8 Å². The zero-order valence-corrected chi connectivity index (χ0v) is 14.3. The molecule has 24 heavy (non-hydrogen) atoms. The summed E-state index contributed by atoms with van der Waals surface area (Å²) in [6.07, 6.45) is 0. The van der Waals surface area contributed by atoms with Crippen LogP contribution in [0.2, 0.25) is 0 Å². The fourth-order valence-electron chi connectivity index (χ4n) is 2.68. The van der Waals surface area contributed by atoms with Gasteiger partial charge in [-0.25, -0.2) is 4.98 Å². The third-order valence-electron chi connectivity index (χ3n) is 3.65. The average molecular weight is 335 g/mol. The molecule has 0 radical (unpaired) electrons. The smallest absolute Gasteiger partial charge is 0.251 e. The predicted molar refractivity (Wildman–Crippen MR) is 97.3 cm³/mol. The minimum Gasteiger partial charge on any atom is -0.301 e. The molecular weight excluding hydrogens is 318 g/mol. The van der Waals surface area contributed by atoms with Crippen molar-refractivity contribution in [2.75, 3.05) is 0 Å². The van der Waals surface area contributed by atoms with E-state index in [2.05, 4.69) is 16.0 Å². The van der Waals surface area contributed by atoms with Crippen LogP contribution >= 0.6 is 11.8 Å². The summed E-state index contributed by atoms with van der Waals surface area (Å²) in [5.74, 6) is -0.579. The van der Waals surface area contributed by atoms with Gasteiger partial charge >= 0.3 is 0 Å². The predicted octanol–water partition coefficient (Wildman–Crippen LogP) is 4.08. The number of aromatic nitrogens is 2. The molecule has 1 aromatic heterocycles. The van der Waals surface area contributed by atoms with Gasteiger partial charge in [0.15, 0.2) is 5.16 Å². The van der Waals surface area contributed by atoms with E-state index in [0.29, 0.717) is 16.1 Å². The fraction of sp³-hybridized carbons (Fsp3) is 0.211. The Kier molecular flexibility index (Phi) is 4.68. The van der Waals surface area contributed by atoms with Crippen LogP contribution in [0.4, 0.5) is 0 Å². The van der Waals surface area contributed by atoms with Crippen LogP contribution in [0.1, 0.15) is 31.0 Å². The zero-order valence-electron chi connectivity index (χ0n) is 13.5. The SMILES string of the molecule is CC(C)Sc1nc(C(C#N)c2cccc3ccccc23)cc(=O)[nH]1. The normalized spacial score (nSPS) is 12.2. The molecule has 0 fully saturated rings. The molecule has 4 nitrogen and oxygen atoms in total. The highest BCUT2D eigenvalue weighted by atomic mass is 32.2. The molecule has 3 rings (SSSR count). The van der Waals surface area contributed by atoms with Crippen molar-refractivity contribution in [1.82, 2.24) is 9.97 Å². The number of aromatic amines is 1. The number of nitrogens with one attached hydrogen (secondary N) is 1. The summed E-state index contributed by atoms with van der Waals surface area (Å²) in [5.41, 5.74) is 1.12. The topological polar surface area (TPSA) is 69.5 Å². The van der Waals surface area contributed by atoms with Gasteiger partial charge in [-0.2, -0.15) is 5.26 Å². The van der Waals surface area contributed by atoms with Crippen LogP contribution in [-0.4, -0.2) is 15.2 Å². The molecule has 5 heteroatoms. The maximum absolute atomic E-state index is 12.0. The van der Waals surface area contributed by atoms with Crippen LogP contribution in [0, 0.1) is 11.3 Å². The second kappa shape index (κ2) is 6.90. The van der Waals surface area contributed by atoms with Crippen molar-refractivity contribution in [3.05, 3.63) is 70.1 Å². The highest BCUT2D eigenvalue weighted by molar-refractivity contribution is 7.99. The third kappa shape index (κ3) is 3.34. The van der Waals surface area contributed by atoms with Crippen molar-refractivity contribution in [3.8, 4) is 6.07 Å². The van der Waals surface area contributed by atoms with Crippen molar-refractivity contribution in [3.63, 3.8) is 0 Å². The molecule has 120 valence electrons. The van der Waals surface area contributed by atoms with Gasteiger partial charge < -0.3 is 4.98 Å². The Morgan fingerprint density at radius 2 is 1.92 bits per heavy atom. The van der Waals surface area contributed by atoms with E-state index < -0.39 is 5.92 Å². The van der Waals surface area contributed by atoms with Crippen LogP contribution in [0.5, 0.6) is 0 Å². The third-order valence-corrected chi connectivity index (χ3v) is 4.53. The second-order valence-electron chi connectivity index (χ2n) is 5.77. The molecule has 2 aromatic carbocycles. The van der Waals surface area contributed by atoms with E-state index in [1.165, 1.54) is 17.8 Å². The molecule has 3 aromatic rings. The molecule has 0 aliphatic carbocycles. The van der Waals surface area contributed by atoms with Crippen molar-refractivity contribution < 1.29 is 0 Å². The Morgan fingerprint density at radius 3 is 2.67 bits per heavy atom. The first kappa shape index (κ1) is 16.3. The van der Waals surface area contributed by atoms with E-state index in [1.807, 2.05) is 56.3 Å². The first-order valence-electron chi connectivity index (χ1n) is 7.73. The molecule has 0 saturated heterocycles. The van der Waals surface area contributed by atoms with Crippen molar-refractivity contribution >= 4 is 22.5 Å². The second-order valence-corrected chi connectivity index (χ2v) is 7.34. The Morgan fingerprint density at radius 1 is 1.17 bits per heavy atom. The minimum atomic E-state index is -0.579. The van der Waals surface area contributed by atoms with Gasteiger partial charge in [0.1, 0.15) is 5.92 Å². The van der Waals surface area contributed by atoms with Gasteiger partial charge in [-0.3, -0.25) is 4.79 Å². The largest absolute Gasteiger partial charge is 0.301 e. The van der Waals surface area contributed by atoms with Crippen LogP contribution in [0.3, 0.4) is 0 Å². The maximum Gasteiger partial charge on any atom is 0.251 e. The summed E-state index contributed by atoms with van der Waals surface area (Å²) >= 11 is 1.48. The van der Waals surface area contributed by atoms with Crippen LogP contribution in [0.25, 0.3) is 10.8 Å². The Labute approximate surface area is 144 Å². The number of nitriles is 1. The van der Waals surface area contributed by atoms with Gasteiger partial charge in [0.25, 0.3) is 5.56 Å². The number of hydrogen-bond acceptors (Lipinski definition) is 4. The summed E-state index contributed by atoms with van der Waals surface area (Å²) in [4.78, 5) is 19.2. The molecule has 0 bridgehead atoms. The highest BCUT2D eigenvalue weighted by Crippen LogP contribution is 2.30. The first-order valence-corrected chi connectivity index (χ1v) is 8.61. The molecular formula is C19H17N3OS. The first-order chi connectivity index (χ1) is 11.6. The van der Waals surface area contributed by atoms with Crippen molar-refractivity contribution in [2.24, 2.45) is 0 Å². The molecule has 1 unspecified atom stereocenters. The van der Waals surface area contributed by atoms with Crippen LogP contribution < -0.4 is 5.56 Å². The summed E-state index contributed by atoms with van der Waals surface area (Å²) in [6.45, 7) is 4.06. The van der Waals surface area contributed by atoms with E-state index in [-0.39, 0.29) is 5.56 Å². The lowest BCUT2D eigenvalue weighted by Gasteiger charge is -2.13. The maximum atomic E-state index is 12.0. The molecule has 1 atom stereocenters. The van der Waals surface area contributed by atoms with Gasteiger partial charge in [0, 0.05) is 11.3 Å². The van der Waals surface area contributed by atoms with E-state index in [9.17, 15) is 10.1 Å². The fourth-order valence-corrected chi connectivity index (χ4v) is 3.44. The monoisotopic (exact) mass is 335 g/mol. The number of benzene rings is 2. The number of fused-ring (bicyclic) bond motifs is 1. The quantitative estimate of drug-likeness (QED) is 0.576. The minimum absolute atomic E-state index is 0.233. The Balaban J connectivity index is 2.14. The van der Waals surface area contributed by atoms with Crippen molar-refractivity contribution in [2.45, 2.75) is 30.2 Å². The Bertz CT molecular complexity index is 967. The highest BCUT2D eigenvalue weighted by Gasteiger charge is 2.19. The lowest BCUT2D eigenvalue weighted by atomic mass is 9.92. The van der Waals surface area contributed by atoms with E-state index in [1.54, 1.807) is 0 Å². The number of rotatable bonds is 4. The van der Waals surface area contributed by atoms with Gasteiger partial charge in [-0.05, 0) is 16.3 Å². The van der Waals surface area contributed by atoms with E-state index in [0.717, 1.165) is 16.3 Å². The summed E-state index contributed by atoms with van der Waals surface area (Å²) in [6, 6.07) is 17.5. The summed E-state index contributed by atoms with van der Waals surface area (Å²) < 4.78 is 0. The van der Waals surface area contributed by atoms with Crippen LogP contribution in [0.15, 0.2) is 58.5 Å².